The molecular weight excluding hydrogens is 204 g/mol. The normalized spacial score (nSPS) is 19.7. The van der Waals surface area contributed by atoms with Crippen molar-refractivity contribution in [2.45, 2.75) is 52.0 Å². The Bertz CT molecular complexity index is 326. The van der Waals surface area contributed by atoms with Crippen LogP contribution >= 0.6 is 11.3 Å². The van der Waals surface area contributed by atoms with E-state index in [-0.39, 0.29) is 6.04 Å². The van der Waals surface area contributed by atoms with E-state index in [1.54, 1.807) is 11.3 Å². The van der Waals surface area contributed by atoms with Gasteiger partial charge >= 0.3 is 0 Å². The maximum atomic E-state index is 6.29. The van der Waals surface area contributed by atoms with Gasteiger partial charge in [0.25, 0.3) is 0 Å². The second-order valence-corrected chi connectivity index (χ2v) is 5.71. The summed E-state index contributed by atoms with van der Waals surface area (Å²) in [6, 6.07) is 0.191. The zero-order valence-electron chi connectivity index (χ0n) is 9.62. The van der Waals surface area contributed by atoms with Crippen LogP contribution in [0, 0.1) is 12.8 Å². The fourth-order valence-corrected chi connectivity index (χ4v) is 3.54. The summed E-state index contributed by atoms with van der Waals surface area (Å²) in [4.78, 5) is 6.01. The summed E-state index contributed by atoms with van der Waals surface area (Å²) in [6.45, 7) is 4.31. The molecule has 2 nitrogen and oxygen atoms in total. The minimum atomic E-state index is 0.191. The van der Waals surface area contributed by atoms with Gasteiger partial charge in [-0.05, 0) is 32.1 Å². The van der Waals surface area contributed by atoms with Gasteiger partial charge in [0.05, 0.1) is 11.7 Å². The highest BCUT2D eigenvalue weighted by atomic mass is 32.1. The zero-order chi connectivity index (χ0) is 10.8. The molecule has 2 N–H and O–H groups in total. The first-order valence-corrected chi connectivity index (χ1v) is 6.75. The first-order valence-electron chi connectivity index (χ1n) is 5.94. The lowest BCUT2D eigenvalue weighted by Crippen LogP contribution is -2.18. The van der Waals surface area contributed by atoms with E-state index < -0.39 is 0 Å². The number of aromatic nitrogens is 1. The molecule has 0 saturated heterocycles. The Morgan fingerprint density at radius 1 is 1.47 bits per heavy atom. The highest BCUT2D eigenvalue weighted by Crippen LogP contribution is 2.36. The summed E-state index contributed by atoms with van der Waals surface area (Å²) >= 11 is 1.80. The molecule has 1 aliphatic carbocycles. The summed E-state index contributed by atoms with van der Waals surface area (Å²) in [5.41, 5.74) is 7.52. The van der Waals surface area contributed by atoms with E-state index in [9.17, 15) is 0 Å². The van der Waals surface area contributed by atoms with Crippen molar-refractivity contribution in [3.63, 3.8) is 0 Å². The first-order chi connectivity index (χ1) is 7.22. The molecule has 15 heavy (non-hydrogen) atoms. The summed E-state index contributed by atoms with van der Waals surface area (Å²) in [7, 11) is 0. The van der Waals surface area contributed by atoms with Crippen LogP contribution in [0.1, 0.15) is 54.2 Å². The average molecular weight is 224 g/mol. The Labute approximate surface area is 95.9 Å². The largest absolute Gasteiger partial charge is 0.322 e. The Kier molecular flexibility index (Phi) is 3.42. The van der Waals surface area contributed by atoms with E-state index in [1.165, 1.54) is 36.3 Å². The summed E-state index contributed by atoms with van der Waals surface area (Å²) in [6.07, 6.45) is 6.31. The van der Waals surface area contributed by atoms with Crippen LogP contribution in [-0.2, 0) is 6.42 Å². The van der Waals surface area contributed by atoms with Gasteiger partial charge in [-0.25, -0.2) is 4.98 Å². The van der Waals surface area contributed by atoms with E-state index in [0.29, 0.717) is 5.92 Å². The third-order valence-electron chi connectivity index (χ3n) is 3.44. The van der Waals surface area contributed by atoms with Gasteiger partial charge in [-0.2, -0.15) is 0 Å². The van der Waals surface area contributed by atoms with Gasteiger partial charge in [-0.15, -0.1) is 11.3 Å². The van der Waals surface area contributed by atoms with Gasteiger partial charge in [-0.1, -0.05) is 19.8 Å². The molecule has 2 rings (SSSR count). The number of rotatable bonds is 3. The maximum Gasteiger partial charge on any atom is 0.110 e. The standard InChI is InChI=1S/C12H20N2S/c1-3-10-8(2)15-12(14-10)11(13)9-6-4-5-7-9/h9,11H,3-7,13H2,1-2H3. The highest BCUT2D eigenvalue weighted by molar-refractivity contribution is 7.11. The number of aryl methyl sites for hydroxylation is 2. The lowest BCUT2D eigenvalue weighted by molar-refractivity contribution is 0.443. The van der Waals surface area contributed by atoms with Crippen molar-refractivity contribution in [1.29, 1.82) is 0 Å². The smallest absolute Gasteiger partial charge is 0.110 e. The molecule has 3 heteroatoms. The summed E-state index contributed by atoms with van der Waals surface area (Å²) in [5, 5.41) is 1.16. The first kappa shape index (κ1) is 11.1. The molecule has 1 fully saturated rings. The molecule has 84 valence electrons. The molecule has 0 aromatic carbocycles. The number of nitrogens with zero attached hydrogens (tertiary/aromatic N) is 1. The number of hydrogen-bond donors (Lipinski definition) is 1. The van der Waals surface area contributed by atoms with E-state index in [2.05, 4.69) is 18.8 Å². The number of nitrogens with two attached hydrogens (primary N) is 1. The van der Waals surface area contributed by atoms with E-state index in [1.807, 2.05) is 0 Å². The average Bonchev–Trinajstić information content (AvgIpc) is 2.85. The summed E-state index contributed by atoms with van der Waals surface area (Å²) < 4.78 is 0. The fourth-order valence-electron chi connectivity index (χ4n) is 2.44. The van der Waals surface area contributed by atoms with Crippen molar-refractivity contribution in [1.82, 2.24) is 4.98 Å². The van der Waals surface area contributed by atoms with Crippen LogP contribution in [0.25, 0.3) is 0 Å². The Hall–Kier alpha value is -0.410. The minimum Gasteiger partial charge on any atom is -0.322 e. The molecule has 0 spiro atoms. The quantitative estimate of drug-likeness (QED) is 0.856. The van der Waals surface area contributed by atoms with Gasteiger partial charge in [0.1, 0.15) is 5.01 Å². The molecule has 1 aliphatic rings. The molecule has 1 saturated carbocycles. The molecule has 0 amide bonds. The minimum absolute atomic E-state index is 0.191. The van der Waals surface area contributed by atoms with Gasteiger partial charge < -0.3 is 5.73 Å². The van der Waals surface area contributed by atoms with Crippen molar-refractivity contribution >= 4 is 11.3 Å². The van der Waals surface area contributed by atoms with Crippen LogP contribution in [0.2, 0.25) is 0 Å². The van der Waals surface area contributed by atoms with Crippen LogP contribution in [0.5, 0.6) is 0 Å². The second-order valence-electron chi connectivity index (χ2n) is 4.48. The van der Waals surface area contributed by atoms with Crippen LogP contribution in [0.4, 0.5) is 0 Å². The molecule has 0 bridgehead atoms. The number of hydrogen-bond acceptors (Lipinski definition) is 3. The van der Waals surface area contributed by atoms with Crippen LogP contribution in [-0.4, -0.2) is 4.98 Å². The second kappa shape index (κ2) is 4.62. The number of thiazole rings is 1. The van der Waals surface area contributed by atoms with Crippen molar-refractivity contribution in [2.24, 2.45) is 11.7 Å². The maximum absolute atomic E-state index is 6.29. The zero-order valence-corrected chi connectivity index (χ0v) is 10.4. The molecule has 1 aromatic heterocycles. The molecule has 0 aliphatic heterocycles. The van der Waals surface area contributed by atoms with Crippen LogP contribution < -0.4 is 5.73 Å². The van der Waals surface area contributed by atoms with Crippen LogP contribution in [0.3, 0.4) is 0 Å². The lowest BCUT2D eigenvalue weighted by Gasteiger charge is -2.15. The Balaban J connectivity index is 2.13. The predicted molar refractivity (Wildman–Crippen MR) is 65.1 cm³/mol. The SMILES string of the molecule is CCc1nc(C(N)C2CCCC2)sc1C. The van der Waals surface area contributed by atoms with Crippen LogP contribution in [0.15, 0.2) is 0 Å². The van der Waals surface area contributed by atoms with Crippen molar-refractivity contribution < 1.29 is 0 Å². The summed E-state index contributed by atoms with van der Waals surface area (Å²) in [5.74, 6) is 0.681. The predicted octanol–water partition coefficient (Wildman–Crippen LogP) is 3.20. The molecule has 0 radical (unpaired) electrons. The topological polar surface area (TPSA) is 38.9 Å². The third kappa shape index (κ3) is 2.23. The van der Waals surface area contributed by atoms with E-state index in [0.717, 1.165) is 11.4 Å². The van der Waals surface area contributed by atoms with E-state index >= 15 is 0 Å². The van der Waals surface area contributed by atoms with Gasteiger partial charge in [0, 0.05) is 4.88 Å². The van der Waals surface area contributed by atoms with Crippen molar-refractivity contribution in [3.05, 3.63) is 15.6 Å². The molecule has 1 unspecified atom stereocenters. The van der Waals surface area contributed by atoms with Crippen molar-refractivity contribution in [2.75, 3.05) is 0 Å². The molecular formula is C12H20N2S. The fraction of sp³-hybridized carbons (Fsp3) is 0.750. The van der Waals surface area contributed by atoms with Crippen molar-refractivity contribution in [3.8, 4) is 0 Å². The van der Waals surface area contributed by atoms with Gasteiger partial charge in [-0.3, -0.25) is 0 Å². The lowest BCUT2D eigenvalue weighted by atomic mass is 10.00. The monoisotopic (exact) mass is 224 g/mol. The van der Waals surface area contributed by atoms with Gasteiger partial charge in [0.2, 0.25) is 0 Å². The third-order valence-corrected chi connectivity index (χ3v) is 4.55. The molecule has 1 atom stereocenters. The Morgan fingerprint density at radius 2 is 2.13 bits per heavy atom. The molecule has 1 aromatic rings. The van der Waals surface area contributed by atoms with E-state index in [4.69, 9.17) is 5.73 Å². The van der Waals surface area contributed by atoms with Gasteiger partial charge in [0.15, 0.2) is 0 Å². The highest BCUT2D eigenvalue weighted by Gasteiger charge is 2.25. The Morgan fingerprint density at radius 3 is 2.67 bits per heavy atom. The molecule has 1 heterocycles.